The number of hydrogen-bond donors (Lipinski definition) is 3. The van der Waals surface area contributed by atoms with Crippen LogP contribution in [0.2, 0.25) is 0 Å². The van der Waals surface area contributed by atoms with E-state index in [2.05, 4.69) is 49.6 Å². The van der Waals surface area contributed by atoms with E-state index in [4.69, 9.17) is 10.7 Å². The quantitative estimate of drug-likeness (QED) is 0.554. The van der Waals surface area contributed by atoms with Crippen molar-refractivity contribution < 1.29 is 0 Å². The van der Waals surface area contributed by atoms with Gasteiger partial charge in [-0.15, -0.1) is 0 Å². The zero-order valence-electron chi connectivity index (χ0n) is 17.3. The van der Waals surface area contributed by atoms with Gasteiger partial charge in [-0.2, -0.15) is 4.98 Å². The zero-order valence-corrected chi connectivity index (χ0v) is 17.3. The first-order valence-corrected chi connectivity index (χ1v) is 10.6. The molecule has 8 heteroatoms. The smallest absolute Gasteiger partial charge is 0.229 e. The molecule has 0 amide bonds. The maximum absolute atomic E-state index is 5.62. The summed E-state index contributed by atoms with van der Waals surface area (Å²) < 4.78 is 0. The molecular formula is C21H32N8. The lowest BCUT2D eigenvalue weighted by Crippen LogP contribution is -2.43. The highest BCUT2D eigenvalue weighted by molar-refractivity contribution is 5.56. The van der Waals surface area contributed by atoms with Gasteiger partial charge in [-0.05, 0) is 50.9 Å². The van der Waals surface area contributed by atoms with Crippen LogP contribution in [0.3, 0.4) is 0 Å². The normalized spacial score (nSPS) is 18.0. The molecule has 2 aromatic heterocycles. The summed E-state index contributed by atoms with van der Waals surface area (Å²) >= 11 is 0. The molecule has 0 radical (unpaired) electrons. The second-order valence-electron chi connectivity index (χ2n) is 8.08. The number of piperazine rings is 1. The molecule has 1 aliphatic heterocycles. The minimum absolute atomic E-state index is 0.596. The summed E-state index contributed by atoms with van der Waals surface area (Å²) in [6, 6.07) is 4.14. The third kappa shape index (κ3) is 5.62. The zero-order chi connectivity index (χ0) is 20.1. The van der Waals surface area contributed by atoms with Gasteiger partial charge in [0.2, 0.25) is 5.95 Å². The van der Waals surface area contributed by atoms with Crippen LogP contribution < -0.4 is 16.4 Å². The SMILES string of the molecule is CN1CCN(Cc2ccc(Nc3ncc(C4CC4)c(NCCCN)n3)cn2)CC1. The Bertz CT molecular complexity index is 782. The average molecular weight is 397 g/mol. The minimum atomic E-state index is 0.596. The second kappa shape index (κ2) is 9.47. The van der Waals surface area contributed by atoms with E-state index in [1.54, 1.807) is 0 Å². The number of pyridine rings is 1. The van der Waals surface area contributed by atoms with Gasteiger partial charge >= 0.3 is 0 Å². The van der Waals surface area contributed by atoms with Crippen molar-refractivity contribution in [2.45, 2.75) is 31.7 Å². The molecule has 1 aliphatic carbocycles. The van der Waals surface area contributed by atoms with Crippen molar-refractivity contribution in [2.75, 3.05) is 56.9 Å². The average Bonchev–Trinajstić information content (AvgIpc) is 3.57. The van der Waals surface area contributed by atoms with Gasteiger partial charge in [0.05, 0.1) is 17.6 Å². The summed E-state index contributed by atoms with van der Waals surface area (Å²) in [5.41, 5.74) is 8.82. The maximum atomic E-state index is 5.62. The van der Waals surface area contributed by atoms with Crippen LogP contribution in [0, 0.1) is 0 Å². The molecule has 3 heterocycles. The Hall–Kier alpha value is -2.29. The summed E-state index contributed by atoms with van der Waals surface area (Å²) in [7, 11) is 2.18. The molecule has 8 nitrogen and oxygen atoms in total. The van der Waals surface area contributed by atoms with E-state index in [9.17, 15) is 0 Å². The molecule has 2 aliphatic rings. The van der Waals surface area contributed by atoms with Crippen molar-refractivity contribution in [3.63, 3.8) is 0 Å². The van der Waals surface area contributed by atoms with Crippen LogP contribution in [-0.2, 0) is 6.54 Å². The Morgan fingerprint density at radius 1 is 1.10 bits per heavy atom. The molecule has 4 rings (SSSR count). The fraction of sp³-hybridized carbons (Fsp3) is 0.571. The molecule has 1 saturated carbocycles. The van der Waals surface area contributed by atoms with Gasteiger partial charge in [0.15, 0.2) is 0 Å². The standard InChI is InChI=1S/C21H32N8/c1-28-9-11-29(12-10-28)15-18-6-5-17(13-24-18)26-21-25-14-19(16-3-4-16)20(27-21)23-8-2-7-22/h5-6,13-14,16H,2-4,7-12,15,22H2,1H3,(H2,23,25,26,27). The number of aromatic nitrogens is 3. The molecule has 0 unspecified atom stereocenters. The molecule has 0 atom stereocenters. The summed E-state index contributed by atoms with van der Waals surface area (Å²) in [5, 5.41) is 6.71. The van der Waals surface area contributed by atoms with Gasteiger partial charge in [0.1, 0.15) is 5.82 Å². The minimum Gasteiger partial charge on any atom is -0.370 e. The molecule has 156 valence electrons. The Labute approximate surface area is 172 Å². The van der Waals surface area contributed by atoms with E-state index in [-0.39, 0.29) is 0 Å². The van der Waals surface area contributed by atoms with Crippen LogP contribution >= 0.6 is 0 Å². The van der Waals surface area contributed by atoms with Gasteiger partial charge in [-0.25, -0.2) is 4.98 Å². The molecular weight excluding hydrogens is 364 g/mol. The number of nitrogens with two attached hydrogens (primary N) is 1. The van der Waals surface area contributed by atoms with Crippen LogP contribution in [0.1, 0.15) is 36.4 Å². The molecule has 0 bridgehead atoms. The Morgan fingerprint density at radius 3 is 2.62 bits per heavy atom. The van der Waals surface area contributed by atoms with Gasteiger partial charge in [0.25, 0.3) is 0 Å². The number of rotatable bonds is 9. The lowest BCUT2D eigenvalue weighted by Gasteiger charge is -2.32. The van der Waals surface area contributed by atoms with Crippen LogP contribution in [0.4, 0.5) is 17.5 Å². The van der Waals surface area contributed by atoms with Crippen molar-refractivity contribution in [3.8, 4) is 0 Å². The van der Waals surface area contributed by atoms with E-state index >= 15 is 0 Å². The van der Waals surface area contributed by atoms with Crippen molar-refractivity contribution in [3.05, 3.63) is 35.8 Å². The first-order chi connectivity index (χ1) is 14.2. The first-order valence-electron chi connectivity index (χ1n) is 10.6. The van der Waals surface area contributed by atoms with Gasteiger partial charge in [0, 0.05) is 51.0 Å². The van der Waals surface area contributed by atoms with Gasteiger partial charge in [-0.3, -0.25) is 9.88 Å². The van der Waals surface area contributed by atoms with Crippen molar-refractivity contribution >= 4 is 17.5 Å². The highest BCUT2D eigenvalue weighted by atomic mass is 15.2. The number of hydrogen-bond acceptors (Lipinski definition) is 8. The largest absolute Gasteiger partial charge is 0.370 e. The summed E-state index contributed by atoms with van der Waals surface area (Å²) in [6.07, 6.45) is 7.19. The third-order valence-corrected chi connectivity index (χ3v) is 5.57. The van der Waals surface area contributed by atoms with Crippen LogP contribution in [0.15, 0.2) is 24.5 Å². The van der Waals surface area contributed by atoms with Crippen LogP contribution in [-0.4, -0.2) is 71.1 Å². The Morgan fingerprint density at radius 2 is 1.93 bits per heavy atom. The molecule has 2 aromatic rings. The lowest BCUT2D eigenvalue weighted by atomic mass is 10.2. The number of anilines is 3. The van der Waals surface area contributed by atoms with Crippen LogP contribution in [0.5, 0.6) is 0 Å². The molecule has 0 aromatic carbocycles. The maximum Gasteiger partial charge on any atom is 0.229 e. The topological polar surface area (TPSA) is 95.2 Å². The van der Waals surface area contributed by atoms with E-state index < -0.39 is 0 Å². The van der Waals surface area contributed by atoms with E-state index in [0.717, 1.165) is 62.9 Å². The second-order valence-corrected chi connectivity index (χ2v) is 8.08. The monoisotopic (exact) mass is 396 g/mol. The van der Waals surface area contributed by atoms with Crippen molar-refractivity contribution in [1.82, 2.24) is 24.8 Å². The number of nitrogens with zero attached hydrogens (tertiary/aromatic N) is 5. The van der Waals surface area contributed by atoms with Crippen molar-refractivity contribution in [2.24, 2.45) is 5.73 Å². The predicted molar refractivity (Wildman–Crippen MR) is 116 cm³/mol. The molecule has 1 saturated heterocycles. The Balaban J connectivity index is 1.37. The fourth-order valence-electron chi connectivity index (χ4n) is 3.55. The number of likely N-dealkylation sites (N-methyl/N-ethyl adjacent to an activating group) is 1. The van der Waals surface area contributed by atoms with Crippen LogP contribution in [0.25, 0.3) is 0 Å². The van der Waals surface area contributed by atoms with E-state index in [0.29, 0.717) is 18.4 Å². The lowest BCUT2D eigenvalue weighted by molar-refractivity contribution is 0.147. The van der Waals surface area contributed by atoms with Gasteiger partial charge in [-0.1, -0.05) is 0 Å². The van der Waals surface area contributed by atoms with Crippen molar-refractivity contribution in [1.29, 1.82) is 0 Å². The first kappa shape index (κ1) is 20.0. The molecule has 0 spiro atoms. The third-order valence-electron chi connectivity index (χ3n) is 5.57. The van der Waals surface area contributed by atoms with Gasteiger partial charge < -0.3 is 21.3 Å². The molecule has 29 heavy (non-hydrogen) atoms. The molecule has 4 N–H and O–H groups in total. The summed E-state index contributed by atoms with van der Waals surface area (Å²) in [5.74, 6) is 2.12. The summed E-state index contributed by atoms with van der Waals surface area (Å²) in [4.78, 5) is 18.7. The summed E-state index contributed by atoms with van der Waals surface area (Å²) in [6.45, 7) is 6.84. The number of nitrogens with one attached hydrogen (secondary N) is 2. The predicted octanol–water partition coefficient (Wildman–Crippen LogP) is 2.00. The highest BCUT2D eigenvalue weighted by Crippen LogP contribution is 2.42. The molecule has 2 fully saturated rings. The fourth-order valence-corrected chi connectivity index (χ4v) is 3.55. The van der Waals surface area contributed by atoms with E-state index in [1.807, 2.05) is 12.4 Å². The van der Waals surface area contributed by atoms with E-state index in [1.165, 1.54) is 18.4 Å². The Kier molecular flexibility index (Phi) is 6.53. The highest BCUT2D eigenvalue weighted by Gasteiger charge is 2.27.